The van der Waals surface area contributed by atoms with E-state index in [9.17, 15) is 4.79 Å². The van der Waals surface area contributed by atoms with Gasteiger partial charge in [0.25, 0.3) is 5.91 Å². The van der Waals surface area contributed by atoms with Crippen molar-refractivity contribution in [1.29, 1.82) is 5.26 Å². The Labute approximate surface area is 212 Å². The Morgan fingerprint density at radius 1 is 1.19 bits per heavy atom. The number of imidazole rings is 1. The Bertz CT molecular complexity index is 1280. The van der Waals surface area contributed by atoms with Crippen LogP contribution in [0.3, 0.4) is 0 Å². The van der Waals surface area contributed by atoms with Crippen LogP contribution in [0.15, 0.2) is 54.9 Å². The molecule has 3 aromatic rings. The summed E-state index contributed by atoms with van der Waals surface area (Å²) >= 11 is 0. The van der Waals surface area contributed by atoms with Crippen LogP contribution < -0.4 is 10.2 Å². The third kappa shape index (κ3) is 5.55. The van der Waals surface area contributed by atoms with Gasteiger partial charge in [0.05, 0.1) is 25.0 Å². The van der Waals surface area contributed by atoms with E-state index in [2.05, 4.69) is 57.5 Å². The number of carbonyl (C=O) groups excluding carboxylic acids is 1. The highest BCUT2D eigenvalue weighted by Gasteiger charge is 2.25. The molecule has 1 amide bonds. The summed E-state index contributed by atoms with van der Waals surface area (Å²) in [7, 11) is 0. The number of allylic oxidation sites excluding steroid dienone is 2. The molecule has 0 spiro atoms. The Kier molecular flexibility index (Phi) is 7.24. The van der Waals surface area contributed by atoms with Gasteiger partial charge in [0.15, 0.2) is 5.82 Å². The number of piperidine rings is 1. The summed E-state index contributed by atoms with van der Waals surface area (Å²) in [5.41, 5.74) is 6.01. The van der Waals surface area contributed by atoms with Crippen molar-refractivity contribution in [3.63, 3.8) is 0 Å². The Hall–Kier alpha value is -3.76. The standard InChI is InChI=1S/C29H32N6O/c1-20-5-7-22(8-6-20)26-16-23(9-10-27(26)34-29(36)28-32-18-25(17-30)33-28)21-11-14-35(15-12-21)19-24-4-2-3-13-31-24/h2-4,7,9-10,13,16,18,20-21H,5-6,8,11-12,14-15,19H2,1H3,(H,32,33)(H,34,36)/p+1. The highest BCUT2D eigenvalue weighted by Crippen LogP contribution is 2.37. The van der Waals surface area contributed by atoms with Gasteiger partial charge in [0, 0.05) is 30.3 Å². The van der Waals surface area contributed by atoms with Gasteiger partial charge in [-0.15, -0.1) is 0 Å². The number of nitrogens with zero attached hydrogens (tertiary/aromatic N) is 3. The van der Waals surface area contributed by atoms with Crippen LogP contribution in [0, 0.1) is 17.2 Å². The summed E-state index contributed by atoms with van der Waals surface area (Å²) in [6.07, 6.45) is 11.1. The van der Waals surface area contributed by atoms with E-state index in [1.807, 2.05) is 24.4 Å². The number of nitrogens with one attached hydrogen (secondary N) is 3. The van der Waals surface area contributed by atoms with Crippen molar-refractivity contribution >= 4 is 17.2 Å². The van der Waals surface area contributed by atoms with Crippen LogP contribution in [0.5, 0.6) is 0 Å². The number of H-pyrrole nitrogens is 1. The molecule has 1 aliphatic carbocycles. The van der Waals surface area contributed by atoms with Gasteiger partial charge in [-0.25, -0.2) is 4.98 Å². The average molecular weight is 482 g/mol. The maximum Gasteiger partial charge on any atom is 0.291 e. The number of benzene rings is 1. The largest absolute Gasteiger partial charge is 0.330 e. The number of hydrogen-bond acceptors (Lipinski definition) is 4. The van der Waals surface area contributed by atoms with Crippen LogP contribution in [-0.4, -0.2) is 33.9 Å². The van der Waals surface area contributed by atoms with Crippen LogP contribution in [0.4, 0.5) is 5.69 Å². The van der Waals surface area contributed by atoms with Crippen molar-refractivity contribution in [2.45, 2.75) is 51.5 Å². The lowest BCUT2D eigenvalue weighted by Crippen LogP contribution is -3.11. The predicted octanol–water partition coefficient (Wildman–Crippen LogP) is 4.09. The summed E-state index contributed by atoms with van der Waals surface area (Å²) in [6, 6.07) is 14.6. The first-order chi connectivity index (χ1) is 17.6. The predicted molar refractivity (Wildman–Crippen MR) is 139 cm³/mol. The van der Waals surface area contributed by atoms with E-state index in [1.54, 1.807) is 4.90 Å². The fourth-order valence-corrected chi connectivity index (χ4v) is 5.37. The topological polar surface area (TPSA) is 98.9 Å². The molecule has 7 heteroatoms. The minimum absolute atomic E-state index is 0.149. The molecule has 0 saturated carbocycles. The zero-order valence-electron chi connectivity index (χ0n) is 20.8. The van der Waals surface area contributed by atoms with Crippen molar-refractivity contribution < 1.29 is 9.69 Å². The first-order valence-electron chi connectivity index (χ1n) is 12.9. The molecule has 1 saturated heterocycles. The summed E-state index contributed by atoms with van der Waals surface area (Å²) in [6.45, 7) is 5.54. The van der Waals surface area contributed by atoms with E-state index in [1.165, 1.54) is 17.3 Å². The molecular weight excluding hydrogens is 448 g/mol. The molecule has 1 fully saturated rings. The second kappa shape index (κ2) is 10.9. The number of quaternary nitrogens is 1. The quantitative estimate of drug-likeness (QED) is 0.494. The fraction of sp³-hybridized carbons (Fsp3) is 0.379. The molecule has 0 radical (unpaired) electrons. The van der Waals surface area contributed by atoms with Gasteiger partial charge in [-0.2, -0.15) is 5.26 Å². The second-order valence-corrected chi connectivity index (χ2v) is 10.1. The van der Waals surface area contributed by atoms with Crippen LogP contribution in [-0.2, 0) is 6.54 Å². The number of amides is 1. The van der Waals surface area contributed by atoms with Crippen molar-refractivity contribution in [3.05, 3.63) is 83.2 Å². The van der Waals surface area contributed by atoms with E-state index in [-0.39, 0.29) is 17.4 Å². The summed E-state index contributed by atoms with van der Waals surface area (Å²) < 4.78 is 0. The molecule has 7 nitrogen and oxygen atoms in total. The maximum absolute atomic E-state index is 12.9. The normalized spacial score (nSPS) is 21.9. The van der Waals surface area contributed by atoms with Crippen molar-refractivity contribution in [1.82, 2.24) is 15.0 Å². The smallest absolute Gasteiger partial charge is 0.291 e. The summed E-state index contributed by atoms with van der Waals surface area (Å²) in [5.74, 6) is 1.03. The molecular formula is C29H33N6O+. The third-order valence-electron chi connectivity index (χ3n) is 7.54. The van der Waals surface area contributed by atoms with Crippen LogP contribution in [0.2, 0.25) is 0 Å². The van der Waals surface area contributed by atoms with Gasteiger partial charge in [-0.1, -0.05) is 25.1 Å². The number of anilines is 1. The Morgan fingerprint density at radius 3 is 2.75 bits per heavy atom. The maximum atomic E-state index is 12.9. The van der Waals surface area contributed by atoms with E-state index < -0.39 is 0 Å². The number of likely N-dealkylation sites (tertiary alicyclic amines) is 1. The van der Waals surface area contributed by atoms with E-state index >= 15 is 0 Å². The Balaban J connectivity index is 1.33. The van der Waals surface area contributed by atoms with E-state index in [4.69, 9.17) is 5.26 Å². The number of aromatic nitrogens is 3. The summed E-state index contributed by atoms with van der Waals surface area (Å²) in [5, 5.41) is 12.1. The monoisotopic (exact) mass is 481 g/mol. The molecule has 1 unspecified atom stereocenters. The molecule has 36 heavy (non-hydrogen) atoms. The van der Waals surface area contributed by atoms with Gasteiger partial charge in [-0.05, 0) is 66.5 Å². The minimum atomic E-state index is -0.332. The van der Waals surface area contributed by atoms with Gasteiger partial charge in [-0.3, -0.25) is 9.78 Å². The number of aromatic amines is 1. The summed E-state index contributed by atoms with van der Waals surface area (Å²) in [4.78, 5) is 25.8. The van der Waals surface area contributed by atoms with Crippen molar-refractivity contribution in [2.75, 3.05) is 18.4 Å². The van der Waals surface area contributed by atoms with Crippen molar-refractivity contribution in [3.8, 4) is 6.07 Å². The zero-order chi connectivity index (χ0) is 24.9. The highest BCUT2D eigenvalue weighted by atomic mass is 16.2. The SMILES string of the molecule is CC1CC=C(c2cc(C3CC[NH+](Cc4ccccn4)CC3)ccc2NC(=O)c2ncc(C#N)[nH]2)CC1. The van der Waals surface area contributed by atoms with Crippen LogP contribution in [0.1, 0.15) is 78.1 Å². The molecule has 0 bridgehead atoms. The molecule has 2 aliphatic rings. The third-order valence-corrected chi connectivity index (χ3v) is 7.54. The number of nitriles is 1. The van der Waals surface area contributed by atoms with E-state index in [0.29, 0.717) is 11.8 Å². The van der Waals surface area contributed by atoms with E-state index in [0.717, 1.165) is 68.7 Å². The number of pyridine rings is 1. The molecule has 184 valence electrons. The van der Waals surface area contributed by atoms with Gasteiger partial charge in [0.2, 0.25) is 0 Å². The molecule has 3 N–H and O–H groups in total. The molecule has 5 rings (SSSR count). The number of hydrogen-bond donors (Lipinski definition) is 3. The number of rotatable bonds is 6. The zero-order valence-corrected chi connectivity index (χ0v) is 20.8. The highest BCUT2D eigenvalue weighted by molar-refractivity contribution is 6.03. The lowest BCUT2D eigenvalue weighted by atomic mass is 9.83. The van der Waals surface area contributed by atoms with Crippen LogP contribution in [0.25, 0.3) is 5.57 Å². The molecule has 1 aliphatic heterocycles. The lowest BCUT2D eigenvalue weighted by molar-refractivity contribution is -0.919. The Morgan fingerprint density at radius 2 is 2.06 bits per heavy atom. The number of carbonyl (C=O) groups is 1. The van der Waals surface area contributed by atoms with Crippen LogP contribution >= 0.6 is 0 Å². The van der Waals surface area contributed by atoms with Crippen molar-refractivity contribution in [2.24, 2.45) is 5.92 Å². The molecule has 1 atom stereocenters. The minimum Gasteiger partial charge on any atom is -0.330 e. The molecule has 1 aromatic carbocycles. The first-order valence-corrected chi connectivity index (χ1v) is 12.9. The van der Waals surface area contributed by atoms with Gasteiger partial charge in [0.1, 0.15) is 18.3 Å². The molecule has 3 heterocycles. The van der Waals surface area contributed by atoms with Gasteiger partial charge < -0.3 is 15.2 Å². The van der Waals surface area contributed by atoms with Gasteiger partial charge >= 0.3 is 0 Å². The average Bonchev–Trinajstić information content (AvgIpc) is 3.40. The molecule has 2 aromatic heterocycles. The lowest BCUT2D eigenvalue weighted by Gasteiger charge is -2.30. The first kappa shape index (κ1) is 24.0. The second-order valence-electron chi connectivity index (χ2n) is 10.1. The fourth-order valence-electron chi connectivity index (χ4n) is 5.37.